The van der Waals surface area contributed by atoms with Crippen LogP contribution in [0.15, 0.2) is 60.7 Å². The smallest absolute Gasteiger partial charge is 0.336 e. The number of nitrogens with one attached hydrogen (secondary N) is 1. The van der Waals surface area contributed by atoms with E-state index in [4.69, 9.17) is 11.1 Å². The predicted molar refractivity (Wildman–Crippen MR) is 118 cm³/mol. The zero-order chi connectivity index (χ0) is 22.1. The average molecular weight is 415 g/mol. The minimum atomic E-state index is -1.17. The fraction of sp³-hybridized carbons (Fsp3) is 0.125. The lowest BCUT2D eigenvalue weighted by atomic mass is 9.93. The van der Waals surface area contributed by atoms with Gasteiger partial charge in [-0.2, -0.15) is 0 Å². The number of hydrogen-bond acceptors (Lipinski definition) is 4. The Morgan fingerprint density at radius 2 is 1.68 bits per heavy atom. The maximum atomic E-state index is 11.8. The summed E-state index contributed by atoms with van der Waals surface area (Å²) in [5.74, 6) is -2.30. The van der Waals surface area contributed by atoms with Crippen molar-refractivity contribution in [3.05, 3.63) is 88.5 Å². The van der Waals surface area contributed by atoms with E-state index in [0.717, 1.165) is 35.3 Å². The molecule has 7 nitrogen and oxygen atoms in total. The molecule has 0 bridgehead atoms. The topological polar surface area (TPSA) is 128 Å². The number of nitrogens with zero attached hydrogens (tertiary/aromatic N) is 1. The number of carbonyl (C=O) groups is 2. The second kappa shape index (κ2) is 7.95. The van der Waals surface area contributed by atoms with E-state index in [0.29, 0.717) is 17.7 Å². The van der Waals surface area contributed by atoms with Crippen LogP contribution < -0.4 is 10.6 Å². The first-order chi connectivity index (χ1) is 14.8. The summed E-state index contributed by atoms with van der Waals surface area (Å²) in [4.78, 5) is 25.3. The second-order valence-electron chi connectivity index (χ2n) is 7.46. The molecule has 3 aromatic rings. The average Bonchev–Trinajstić information content (AvgIpc) is 3.15. The van der Waals surface area contributed by atoms with Crippen LogP contribution in [0.1, 0.15) is 37.4 Å². The standard InChI is InChI=1S/C24H21N3O4/c25-22(26)15-6-8-21-14(11-15)9-10-27(21)13-17-3-1-2-4-18(17)19-7-5-16(23(28)29)12-20(19)24(30)31/h1-8,11-12H,9-10,13H2,(H3,25,26)(H,28,29)(H,30,31). The zero-order valence-corrected chi connectivity index (χ0v) is 16.6. The van der Waals surface area contributed by atoms with Crippen molar-refractivity contribution in [2.24, 2.45) is 5.73 Å². The van der Waals surface area contributed by atoms with Crippen molar-refractivity contribution < 1.29 is 19.8 Å². The van der Waals surface area contributed by atoms with Crippen LogP contribution >= 0.6 is 0 Å². The Balaban J connectivity index is 1.72. The highest BCUT2D eigenvalue weighted by Gasteiger charge is 2.22. The van der Waals surface area contributed by atoms with Gasteiger partial charge in [-0.15, -0.1) is 0 Å². The van der Waals surface area contributed by atoms with Crippen LogP contribution in [0, 0.1) is 5.41 Å². The molecule has 156 valence electrons. The molecule has 0 fully saturated rings. The number of carboxylic acid groups (broad SMARTS) is 2. The lowest BCUT2D eigenvalue weighted by molar-refractivity contribution is 0.0696. The Labute approximate surface area is 178 Å². The van der Waals surface area contributed by atoms with Crippen molar-refractivity contribution in [3.63, 3.8) is 0 Å². The van der Waals surface area contributed by atoms with E-state index >= 15 is 0 Å². The minimum Gasteiger partial charge on any atom is -0.478 e. The van der Waals surface area contributed by atoms with Gasteiger partial charge < -0.3 is 20.8 Å². The number of aromatic carboxylic acids is 2. The van der Waals surface area contributed by atoms with Gasteiger partial charge in [-0.05, 0) is 59.0 Å². The minimum absolute atomic E-state index is 0.0394. The van der Waals surface area contributed by atoms with Gasteiger partial charge in [-0.3, -0.25) is 5.41 Å². The maximum Gasteiger partial charge on any atom is 0.336 e. The monoisotopic (exact) mass is 415 g/mol. The fourth-order valence-electron chi connectivity index (χ4n) is 4.02. The number of anilines is 1. The number of rotatable bonds is 6. The van der Waals surface area contributed by atoms with Crippen molar-refractivity contribution in [1.29, 1.82) is 5.41 Å². The van der Waals surface area contributed by atoms with E-state index in [2.05, 4.69) is 4.90 Å². The van der Waals surface area contributed by atoms with Crippen molar-refractivity contribution in [2.75, 3.05) is 11.4 Å². The normalized spacial score (nSPS) is 12.5. The Morgan fingerprint density at radius 1 is 0.935 bits per heavy atom. The number of nitrogen functional groups attached to an aromatic ring is 1. The molecule has 0 spiro atoms. The van der Waals surface area contributed by atoms with Crippen LogP contribution in [-0.2, 0) is 13.0 Å². The molecule has 0 atom stereocenters. The number of nitrogens with two attached hydrogens (primary N) is 1. The second-order valence-corrected chi connectivity index (χ2v) is 7.46. The van der Waals surface area contributed by atoms with Crippen LogP contribution in [0.2, 0.25) is 0 Å². The van der Waals surface area contributed by atoms with E-state index in [-0.39, 0.29) is 17.0 Å². The van der Waals surface area contributed by atoms with Crippen LogP contribution in [-0.4, -0.2) is 34.5 Å². The molecule has 31 heavy (non-hydrogen) atoms. The summed E-state index contributed by atoms with van der Waals surface area (Å²) in [6, 6.07) is 17.5. The summed E-state index contributed by atoms with van der Waals surface area (Å²) in [6.07, 6.45) is 0.840. The summed E-state index contributed by atoms with van der Waals surface area (Å²) >= 11 is 0. The molecule has 0 radical (unpaired) electrons. The Morgan fingerprint density at radius 3 is 2.39 bits per heavy atom. The highest BCUT2D eigenvalue weighted by molar-refractivity contribution is 6.00. The summed E-state index contributed by atoms with van der Waals surface area (Å²) in [7, 11) is 0. The molecule has 5 N–H and O–H groups in total. The van der Waals surface area contributed by atoms with Crippen molar-refractivity contribution >= 4 is 23.5 Å². The molecular formula is C24H21N3O4. The van der Waals surface area contributed by atoms with Gasteiger partial charge in [0.1, 0.15) is 5.84 Å². The molecule has 1 heterocycles. The van der Waals surface area contributed by atoms with Gasteiger partial charge in [0.05, 0.1) is 11.1 Å². The molecule has 1 aliphatic rings. The van der Waals surface area contributed by atoms with Gasteiger partial charge in [-0.1, -0.05) is 30.3 Å². The van der Waals surface area contributed by atoms with Crippen LogP contribution in [0.4, 0.5) is 5.69 Å². The third-order valence-corrected chi connectivity index (χ3v) is 5.55. The molecule has 0 saturated carbocycles. The van der Waals surface area contributed by atoms with Gasteiger partial charge in [0.25, 0.3) is 0 Å². The zero-order valence-electron chi connectivity index (χ0n) is 16.6. The lowest BCUT2D eigenvalue weighted by Gasteiger charge is -2.22. The maximum absolute atomic E-state index is 11.8. The van der Waals surface area contributed by atoms with E-state index in [1.165, 1.54) is 12.1 Å². The van der Waals surface area contributed by atoms with E-state index in [1.54, 1.807) is 6.07 Å². The molecule has 0 unspecified atom stereocenters. The molecule has 0 aromatic heterocycles. The third-order valence-electron chi connectivity index (χ3n) is 5.55. The van der Waals surface area contributed by atoms with E-state index < -0.39 is 11.9 Å². The highest BCUT2D eigenvalue weighted by atomic mass is 16.4. The Hall–Kier alpha value is -4.13. The molecule has 0 amide bonds. The summed E-state index contributed by atoms with van der Waals surface area (Å²) in [5.41, 5.74) is 10.6. The van der Waals surface area contributed by atoms with Gasteiger partial charge in [0, 0.05) is 24.3 Å². The third kappa shape index (κ3) is 3.85. The lowest BCUT2D eigenvalue weighted by Crippen LogP contribution is -2.20. The molecule has 1 aliphatic heterocycles. The molecule has 7 heteroatoms. The Bertz CT molecular complexity index is 1220. The SMILES string of the molecule is N=C(N)c1ccc2c(c1)CCN2Cc1ccccc1-c1ccc(C(=O)O)cc1C(=O)O. The van der Waals surface area contributed by atoms with Crippen molar-refractivity contribution in [2.45, 2.75) is 13.0 Å². The summed E-state index contributed by atoms with van der Waals surface area (Å²) in [5, 5.41) is 26.5. The molecule has 3 aromatic carbocycles. The molecule has 0 aliphatic carbocycles. The number of amidine groups is 1. The quantitative estimate of drug-likeness (QED) is 0.360. The fourth-order valence-corrected chi connectivity index (χ4v) is 4.02. The van der Waals surface area contributed by atoms with Crippen LogP contribution in [0.3, 0.4) is 0 Å². The van der Waals surface area contributed by atoms with Crippen molar-refractivity contribution in [3.8, 4) is 11.1 Å². The first-order valence-electron chi connectivity index (χ1n) is 9.76. The summed E-state index contributed by atoms with van der Waals surface area (Å²) < 4.78 is 0. The molecule has 0 saturated heterocycles. The molecule has 4 rings (SSSR count). The molecular weight excluding hydrogens is 394 g/mol. The first kappa shape index (κ1) is 20.2. The van der Waals surface area contributed by atoms with E-state index in [1.807, 2.05) is 42.5 Å². The van der Waals surface area contributed by atoms with Gasteiger partial charge in [0.15, 0.2) is 0 Å². The van der Waals surface area contributed by atoms with Crippen molar-refractivity contribution in [1.82, 2.24) is 0 Å². The largest absolute Gasteiger partial charge is 0.478 e. The number of fused-ring (bicyclic) bond motifs is 1. The first-order valence-corrected chi connectivity index (χ1v) is 9.76. The Kier molecular flexibility index (Phi) is 5.17. The summed E-state index contributed by atoms with van der Waals surface area (Å²) in [6.45, 7) is 1.37. The van der Waals surface area contributed by atoms with E-state index in [9.17, 15) is 19.8 Å². The highest BCUT2D eigenvalue weighted by Crippen LogP contribution is 2.34. The van der Waals surface area contributed by atoms with Gasteiger partial charge >= 0.3 is 11.9 Å². The number of hydrogen-bond donors (Lipinski definition) is 4. The number of carboxylic acids is 2. The van der Waals surface area contributed by atoms with Gasteiger partial charge in [0.2, 0.25) is 0 Å². The van der Waals surface area contributed by atoms with Gasteiger partial charge in [-0.25, -0.2) is 9.59 Å². The predicted octanol–water partition coefficient (Wildman–Crippen LogP) is 3.60. The van der Waals surface area contributed by atoms with Crippen LogP contribution in [0.5, 0.6) is 0 Å². The number of benzene rings is 3. The van der Waals surface area contributed by atoms with Crippen LogP contribution in [0.25, 0.3) is 11.1 Å².